The number of carboxylic acids is 1. The molecule has 2 heterocycles. The minimum absolute atomic E-state index is 0.0139. The first-order valence-electron chi connectivity index (χ1n) is 6.88. The second-order valence-corrected chi connectivity index (χ2v) is 5.63. The zero-order chi connectivity index (χ0) is 15.7. The average Bonchev–Trinajstić information content (AvgIpc) is 3.11. The van der Waals surface area contributed by atoms with Crippen LogP contribution in [0.3, 0.4) is 0 Å². The van der Waals surface area contributed by atoms with Gasteiger partial charge in [0.05, 0.1) is 22.6 Å². The molecule has 22 heavy (non-hydrogen) atoms. The summed E-state index contributed by atoms with van der Waals surface area (Å²) in [5.74, 6) is -1.30. The number of aromatic nitrogens is 3. The van der Waals surface area contributed by atoms with Crippen LogP contribution in [-0.2, 0) is 11.3 Å². The Morgan fingerprint density at radius 2 is 2.32 bits per heavy atom. The lowest BCUT2D eigenvalue weighted by atomic mass is 10.2. The van der Waals surface area contributed by atoms with E-state index < -0.39 is 17.8 Å². The van der Waals surface area contributed by atoms with E-state index in [2.05, 4.69) is 10.3 Å². The second kappa shape index (κ2) is 6.02. The van der Waals surface area contributed by atoms with Gasteiger partial charge in [0.1, 0.15) is 11.9 Å². The fraction of sp³-hybridized carbons (Fsp3) is 0.357. The van der Waals surface area contributed by atoms with Crippen LogP contribution >= 0.6 is 11.6 Å². The van der Waals surface area contributed by atoms with Crippen molar-refractivity contribution in [2.75, 3.05) is 6.54 Å². The predicted octanol–water partition coefficient (Wildman–Crippen LogP) is 2.11. The van der Waals surface area contributed by atoms with Gasteiger partial charge in [-0.1, -0.05) is 16.8 Å². The number of benzene rings is 1. The minimum Gasteiger partial charge on any atom is -0.480 e. The molecule has 1 atom stereocenters. The van der Waals surface area contributed by atoms with Gasteiger partial charge in [-0.15, -0.1) is 5.10 Å². The van der Waals surface area contributed by atoms with Gasteiger partial charge in [0.25, 0.3) is 0 Å². The standard InChI is InChI=1S/C14H14ClFN4O2/c15-11-6-10(3-4-12(11)16)20-8-9(17-18-20)7-19-5-1-2-13(19)14(21)22/h3-4,6,8,13H,1-2,5,7H2,(H,21,22)/t13-/m0/s1. The zero-order valence-electron chi connectivity index (χ0n) is 11.6. The fourth-order valence-corrected chi connectivity index (χ4v) is 2.80. The number of carboxylic acid groups (broad SMARTS) is 1. The van der Waals surface area contributed by atoms with E-state index in [1.807, 2.05) is 4.90 Å². The van der Waals surface area contributed by atoms with Crippen LogP contribution in [0, 0.1) is 5.82 Å². The summed E-state index contributed by atoms with van der Waals surface area (Å²) in [5, 5.41) is 17.2. The number of aliphatic carboxylic acids is 1. The summed E-state index contributed by atoms with van der Waals surface area (Å²) in [7, 11) is 0. The Kier molecular flexibility index (Phi) is 4.08. The van der Waals surface area contributed by atoms with Crippen LogP contribution < -0.4 is 0 Å². The third-order valence-electron chi connectivity index (χ3n) is 3.72. The second-order valence-electron chi connectivity index (χ2n) is 5.22. The Balaban J connectivity index is 1.76. The van der Waals surface area contributed by atoms with Crippen molar-refractivity contribution in [1.29, 1.82) is 0 Å². The van der Waals surface area contributed by atoms with E-state index in [9.17, 15) is 9.18 Å². The van der Waals surface area contributed by atoms with E-state index in [1.54, 1.807) is 12.3 Å². The first kappa shape index (κ1) is 14.9. The molecule has 0 amide bonds. The number of halogens is 2. The lowest BCUT2D eigenvalue weighted by Crippen LogP contribution is -2.35. The van der Waals surface area contributed by atoms with Crippen molar-refractivity contribution in [3.8, 4) is 5.69 Å². The van der Waals surface area contributed by atoms with E-state index in [1.165, 1.54) is 16.8 Å². The van der Waals surface area contributed by atoms with Crippen LogP contribution in [0.2, 0.25) is 5.02 Å². The van der Waals surface area contributed by atoms with Crippen molar-refractivity contribution in [3.05, 3.63) is 40.9 Å². The largest absolute Gasteiger partial charge is 0.480 e. The molecule has 0 radical (unpaired) electrons. The molecule has 0 bridgehead atoms. The van der Waals surface area contributed by atoms with E-state index in [0.717, 1.165) is 13.0 Å². The van der Waals surface area contributed by atoms with Gasteiger partial charge in [-0.3, -0.25) is 9.69 Å². The van der Waals surface area contributed by atoms with E-state index in [4.69, 9.17) is 16.7 Å². The highest BCUT2D eigenvalue weighted by atomic mass is 35.5. The maximum Gasteiger partial charge on any atom is 0.320 e. The number of carbonyl (C=O) groups is 1. The molecule has 8 heteroatoms. The number of nitrogens with zero attached hydrogens (tertiary/aromatic N) is 4. The molecule has 1 aromatic carbocycles. The highest BCUT2D eigenvalue weighted by Gasteiger charge is 2.30. The quantitative estimate of drug-likeness (QED) is 0.932. The normalized spacial score (nSPS) is 18.7. The summed E-state index contributed by atoms with van der Waals surface area (Å²) in [6.45, 7) is 1.15. The summed E-state index contributed by atoms with van der Waals surface area (Å²) < 4.78 is 14.7. The molecule has 0 aliphatic carbocycles. The number of hydrogen-bond acceptors (Lipinski definition) is 4. The topological polar surface area (TPSA) is 71.2 Å². The molecule has 1 aliphatic rings. The lowest BCUT2D eigenvalue weighted by Gasteiger charge is -2.19. The van der Waals surface area contributed by atoms with Gasteiger partial charge in [0.15, 0.2) is 0 Å². The molecule has 116 valence electrons. The molecule has 1 N–H and O–H groups in total. The van der Waals surface area contributed by atoms with Gasteiger partial charge in [-0.25, -0.2) is 9.07 Å². The zero-order valence-corrected chi connectivity index (χ0v) is 12.4. The van der Waals surface area contributed by atoms with E-state index in [-0.39, 0.29) is 5.02 Å². The molecule has 3 rings (SSSR count). The molecule has 0 spiro atoms. The Labute approximate surface area is 131 Å². The van der Waals surface area contributed by atoms with Crippen molar-refractivity contribution in [2.24, 2.45) is 0 Å². The van der Waals surface area contributed by atoms with Gasteiger partial charge < -0.3 is 5.11 Å². The molecule has 1 saturated heterocycles. The van der Waals surface area contributed by atoms with E-state index in [0.29, 0.717) is 24.3 Å². The summed E-state index contributed by atoms with van der Waals surface area (Å²) in [5.41, 5.74) is 1.26. The summed E-state index contributed by atoms with van der Waals surface area (Å²) in [6, 6.07) is 3.81. The Bertz CT molecular complexity index is 706. The number of likely N-dealkylation sites (tertiary alicyclic amines) is 1. The van der Waals surface area contributed by atoms with Crippen molar-refractivity contribution >= 4 is 17.6 Å². The summed E-state index contributed by atoms with van der Waals surface area (Å²) in [4.78, 5) is 13.0. The van der Waals surface area contributed by atoms with Gasteiger partial charge in [-0.05, 0) is 37.6 Å². The van der Waals surface area contributed by atoms with E-state index >= 15 is 0 Å². The molecule has 1 aromatic heterocycles. The first-order chi connectivity index (χ1) is 10.5. The molecule has 2 aromatic rings. The molecule has 0 saturated carbocycles. The number of rotatable bonds is 4. The van der Waals surface area contributed by atoms with Crippen LogP contribution in [0.25, 0.3) is 5.69 Å². The third-order valence-corrected chi connectivity index (χ3v) is 4.01. The van der Waals surface area contributed by atoms with Gasteiger partial charge >= 0.3 is 5.97 Å². The first-order valence-corrected chi connectivity index (χ1v) is 7.26. The van der Waals surface area contributed by atoms with Crippen LogP contribution in [0.15, 0.2) is 24.4 Å². The van der Waals surface area contributed by atoms with Crippen molar-refractivity contribution in [2.45, 2.75) is 25.4 Å². The SMILES string of the molecule is O=C(O)[C@@H]1CCCN1Cc1cn(-c2ccc(F)c(Cl)c2)nn1. The Morgan fingerprint density at radius 3 is 3.05 bits per heavy atom. The molecular weight excluding hydrogens is 311 g/mol. The molecule has 0 unspecified atom stereocenters. The van der Waals surface area contributed by atoms with Crippen molar-refractivity contribution in [1.82, 2.24) is 19.9 Å². The highest BCUT2D eigenvalue weighted by molar-refractivity contribution is 6.30. The maximum atomic E-state index is 13.2. The maximum absolute atomic E-state index is 13.2. The smallest absolute Gasteiger partial charge is 0.320 e. The van der Waals surface area contributed by atoms with Gasteiger partial charge in [-0.2, -0.15) is 0 Å². The van der Waals surface area contributed by atoms with Crippen molar-refractivity contribution < 1.29 is 14.3 Å². The molecular formula is C14H14ClFN4O2. The fourth-order valence-electron chi connectivity index (χ4n) is 2.63. The van der Waals surface area contributed by atoms with Crippen LogP contribution in [0.4, 0.5) is 4.39 Å². The molecule has 1 aliphatic heterocycles. The van der Waals surface area contributed by atoms with Crippen LogP contribution in [0.1, 0.15) is 18.5 Å². The lowest BCUT2D eigenvalue weighted by molar-refractivity contribution is -0.142. The van der Waals surface area contributed by atoms with Gasteiger partial charge in [0.2, 0.25) is 0 Å². The van der Waals surface area contributed by atoms with Gasteiger partial charge in [0, 0.05) is 6.54 Å². The van der Waals surface area contributed by atoms with Crippen LogP contribution in [-0.4, -0.2) is 43.6 Å². The third kappa shape index (κ3) is 2.95. The monoisotopic (exact) mass is 324 g/mol. The Hall–Kier alpha value is -1.99. The molecule has 1 fully saturated rings. The minimum atomic E-state index is -0.810. The van der Waals surface area contributed by atoms with Crippen molar-refractivity contribution in [3.63, 3.8) is 0 Å². The Morgan fingerprint density at radius 1 is 1.50 bits per heavy atom. The highest BCUT2D eigenvalue weighted by Crippen LogP contribution is 2.21. The number of hydrogen-bond donors (Lipinski definition) is 1. The van der Waals surface area contributed by atoms with Crippen LogP contribution in [0.5, 0.6) is 0 Å². The predicted molar refractivity (Wildman–Crippen MR) is 77.4 cm³/mol. The molecule has 6 nitrogen and oxygen atoms in total. The average molecular weight is 325 g/mol. The summed E-state index contributed by atoms with van der Waals surface area (Å²) in [6.07, 6.45) is 3.20. The summed E-state index contributed by atoms with van der Waals surface area (Å²) >= 11 is 5.75.